The summed E-state index contributed by atoms with van der Waals surface area (Å²) in [5.74, 6) is -3.54. The standard InChI is InChI=1S/2C15H15N.C4H6O6/c2*1-2-7-13(8-3-1)15-14-9-5-4-6-12(14)10-11-16-15;5-1(3(7)8)2(6)4(9)10/h2*1-9,15-16H,10-11H2;1-2,5-6H,(H,7,8)(H,9,10)/t15-;;1-,2-/m0.0/s1. The maximum absolute atomic E-state index is 9.77. The second kappa shape index (κ2) is 15.0. The number of benzene rings is 4. The quantitative estimate of drug-likeness (QED) is 0.214. The van der Waals surface area contributed by atoms with E-state index in [1.165, 1.54) is 33.4 Å². The van der Waals surface area contributed by atoms with E-state index in [1.54, 1.807) is 0 Å². The molecule has 8 heteroatoms. The van der Waals surface area contributed by atoms with Crippen LogP contribution in [0.15, 0.2) is 109 Å². The van der Waals surface area contributed by atoms with E-state index >= 15 is 0 Å². The van der Waals surface area contributed by atoms with E-state index in [0.29, 0.717) is 12.1 Å². The van der Waals surface area contributed by atoms with E-state index in [9.17, 15) is 9.59 Å². The van der Waals surface area contributed by atoms with Gasteiger partial charge in [-0.3, -0.25) is 0 Å². The third kappa shape index (κ3) is 7.90. The number of aliphatic hydroxyl groups is 2. The van der Waals surface area contributed by atoms with Crippen molar-refractivity contribution in [1.82, 2.24) is 10.6 Å². The van der Waals surface area contributed by atoms with Crippen molar-refractivity contribution < 1.29 is 30.0 Å². The first-order chi connectivity index (χ1) is 20.4. The largest absolute Gasteiger partial charge is 0.479 e. The highest BCUT2D eigenvalue weighted by molar-refractivity contribution is 5.83. The molecule has 2 aliphatic heterocycles. The zero-order chi connectivity index (χ0) is 29.9. The Labute approximate surface area is 245 Å². The number of hydrogen-bond acceptors (Lipinski definition) is 6. The fraction of sp³-hybridized carbons (Fsp3) is 0.235. The first-order valence-corrected chi connectivity index (χ1v) is 13.9. The van der Waals surface area contributed by atoms with Gasteiger partial charge in [-0.25, -0.2) is 9.59 Å². The van der Waals surface area contributed by atoms with Crippen molar-refractivity contribution in [2.75, 3.05) is 13.1 Å². The molecular weight excluding hydrogens is 532 g/mol. The van der Waals surface area contributed by atoms with Crippen molar-refractivity contribution in [3.63, 3.8) is 0 Å². The number of fused-ring (bicyclic) bond motifs is 2. The van der Waals surface area contributed by atoms with Gasteiger partial charge in [0.1, 0.15) is 0 Å². The molecule has 0 aliphatic carbocycles. The predicted octanol–water partition coefficient (Wildman–Crippen LogP) is 3.72. The Morgan fingerprint density at radius 2 is 0.881 bits per heavy atom. The number of carboxylic acids is 2. The third-order valence-electron chi connectivity index (χ3n) is 7.29. The highest BCUT2D eigenvalue weighted by Gasteiger charge is 2.29. The third-order valence-corrected chi connectivity index (χ3v) is 7.29. The number of nitrogens with one attached hydrogen (secondary N) is 2. The Kier molecular flexibility index (Phi) is 11.0. The molecule has 218 valence electrons. The minimum Gasteiger partial charge on any atom is -0.479 e. The molecule has 8 nitrogen and oxygen atoms in total. The van der Waals surface area contributed by atoms with Gasteiger partial charge in [-0.1, -0.05) is 109 Å². The van der Waals surface area contributed by atoms with Crippen molar-refractivity contribution in [3.05, 3.63) is 143 Å². The number of carboxylic acid groups (broad SMARTS) is 2. The second-order valence-corrected chi connectivity index (χ2v) is 10.1. The summed E-state index contributed by atoms with van der Waals surface area (Å²) < 4.78 is 0. The van der Waals surface area contributed by atoms with Crippen LogP contribution in [0.1, 0.15) is 45.5 Å². The molecule has 0 radical (unpaired) electrons. The smallest absolute Gasteiger partial charge is 0.335 e. The van der Waals surface area contributed by atoms with Crippen LogP contribution in [-0.4, -0.2) is 57.7 Å². The Balaban J connectivity index is 0.000000150. The molecular formula is C34H36N2O6. The molecule has 0 amide bonds. The monoisotopic (exact) mass is 568 g/mol. The number of aliphatic carboxylic acids is 2. The summed E-state index contributed by atoms with van der Waals surface area (Å²) in [6, 6.07) is 39.5. The van der Waals surface area contributed by atoms with Gasteiger partial charge >= 0.3 is 11.9 Å². The van der Waals surface area contributed by atoms with Crippen molar-refractivity contribution in [1.29, 1.82) is 0 Å². The lowest BCUT2D eigenvalue weighted by Gasteiger charge is -2.27. The number of hydrogen-bond donors (Lipinski definition) is 6. The lowest BCUT2D eigenvalue weighted by atomic mass is 9.90. The van der Waals surface area contributed by atoms with Crippen LogP contribution in [0.25, 0.3) is 0 Å². The normalized spacial score (nSPS) is 18.3. The minimum atomic E-state index is -2.27. The van der Waals surface area contributed by atoms with Crippen LogP contribution in [-0.2, 0) is 22.4 Å². The van der Waals surface area contributed by atoms with Crippen LogP contribution in [0.4, 0.5) is 0 Å². The van der Waals surface area contributed by atoms with E-state index in [2.05, 4.69) is 120 Å². The zero-order valence-electron chi connectivity index (χ0n) is 23.1. The number of aliphatic hydroxyl groups excluding tert-OH is 2. The number of rotatable bonds is 5. The van der Waals surface area contributed by atoms with Crippen molar-refractivity contribution in [2.24, 2.45) is 0 Å². The highest BCUT2D eigenvalue weighted by Crippen LogP contribution is 2.29. The Hall–Kier alpha value is -4.34. The Morgan fingerprint density at radius 1 is 0.548 bits per heavy atom. The van der Waals surface area contributed by atoms with E-state index < -0.39 is 24.1 Å². The van der Waals surface area contributed by atoms with Gasteiger partial charge in [-0.05, 0) is 46.2 Å². The molecule has 4 aromatic carbocycles. The van der Waals surface area contributed by atoms with Crippen LogP contribution in [0.5, 0.6) is 0 Å². The summed E-state index contributed by atoms with van der Waals surface area (Å²) in [6.45, 7) is 2.13. The molecule has 6 rings (SSSR count). The fourth-order valence-corrected chi connectivity index (χ4v) is 5.17. The SMILES string of the molecule is O=C(O)[C@@H](O)[C@H](O)C(=O)O.c1ccc(C2NCCc3ccccc32)cc1.c1ccc([C@@H]2NCCc3ccccc32)cc1. The van der Waals surface area contributed by atoms with Gasteiger partial charge in [0.15, 0.2) is 12.2 Å². The van der Waals surface area contributed by atoms with Crippen LogP contribution in [0.3, 0.4) is 0 Å². The molecule has 6 N–H and O–H groups in total. The van der Waals surface area contributed by atoms with Gasteiger partial charge in [0.25, 0.3) is 0 Å². The number of carbonyl (C=O) groups is 2. The van der Waals surface area contributed by atoms with Gasteiger partial charge in [0, 0.05) is 13.1 Å². The van der Waals surface area contributed by atoms with Crippen LogP contribution in [0, 0.1) is 0 Å². The lowest BCUT2D eigenvalue weighted by Crippen LogP contribution is -2.39. The van der Waals surface area contributed by atoms with E-state index in [1.807, 2.05) is 0 Å². The van der Waals surface area contributed by atoms with Crippen LogP contribution < -0.4 is 10.6 Å². The molecule has 0 saturated heterocycles. The molecule has 42 heavy (non-hydrogen) atoms. The highest BCUT2D eigenvalue weighted by atomic mass is 16.4. The summed E-state index contributed by atoms with van der Waals surface area (Å²) >= 11 is 0. The molecule has 0 bridgehead atoms. The first-order valence-electron chi connectivity index (χ1n) is 13.9. The topological polar surface area (TPSA) is 139 Å². The molecule has 2 aliphatic rings. The van der Waals surface area contributed by atoms with Crippen LogP contribution >= 0.6 is 0 Å². The summed E-state index contributed by atoms with van der Waals surface area (Å²) in [4.78, 5) is 19.5. The molecule has 0 fully saturated rings. The second-order valence-electron chi connectivity index (χ2n) is 10.1. The molecule has 4 atom stereocenters. The summed E-state index contributed by atoms with van der Waals surface area (Å²) in [5, 5.41) is 39.7. The molecule has 0 saturated carbocycles. The van der Waals surface area contributed by atoms with Gasteiger partial charge < -0.3 is 31.1 Å². The van der Waals surface area contributed by atoms with Crippen molar-refractivity contribution >= 4 is 11.9 Å². The Bertz CT molecular complexity index is 1340. The molecule has 0 spiro atoms. The van der Waals surface area contributed by atoms with Crippen molar-refractivity contribution in [2.45, 2.75) is 37.1 Å². The predicted molar refractivity (Wildman–Crippen MR) is 160 cm³/mol. The zero-order valence-corrected chi connectivity index (χ0v) is 23.1. The van der Waals surface area contributed by atoms with Gasteiger partial charge in [-0.2, -0.15) is 0 Å². The average Bonchev–Trinajstić information content (AvgIpc) is 3.05. The summed E-state index contributed by atoms with van der Waals surface area (Å²) in [7, 11) is 0. The van der Waals surface area contributed by atoms with E-state index in [0.717, 1.165) is 25.9 Å². The lowest BCUT2D eigenvalue weighted by molar-refractivity contribution is -0.165. The van der Waals surface area contributed by atoms with Crippen LogP contribution in [0.2, 0.25) is 0 Å². The van der Waals surface area contributed by atoms with Gasteiger partial charge in [-0.15, -0.1) is 0 Å². The van der Waals surface area contributed by atoms with E-state index in [-0.39, 0.29) is 0 Å². The average molecular weight is 569 g/mol. The van der Waals surface area contributed by atoms with Gasteiger partial charge in [0.2, 0.25) is 0 Å². The van der Waals surface area contributed by atoms with Gasteiger partial charge in [0.05, 0.1) is 12.1 Å². The Morgan fingerprint density at radius 3 is 1.24 bits per heavy atom. The van der Waals surface area contributed by atoms with E-state index in [4.69, 9.17) is 20.4 Å². The first kappa shape index (κ1) is 30.6. The minimum absolute atomic E-state index is 0.367. The summed E-state index contributed by atoms with van der Waals surface area (Å²) in [5.41, 5.74) is 8.54. The molecule has 2 heterocycles. The molecule has 4 aromatic rings. The molecule has 0 aromatic heterocycles. The maximum atomic E-state index is 9.77. The fourth-order valence-electron chi connectivity index (χ4n) is 5.17. The maximum Gasteiger partial charge on any atom is 0.335 e. The van der Waals surface area contributed by atoms with Crippen molar-refractivity contribution in [3.8, 4) is 0 Å². The summed E-state index contributed by atoms with van der Waals surface area (Å²) in [6.07, 6.45) is -2.26. The molecule has 1 unspecified atom stereocenters.